The van der Waals surface area contributed by atoms with Crippen molar-refractivity contribution in [3.05, 3.63) is 12.3 Å². The second-order valence-corrected chi connectivity index (χ2v) is 0.831. The summed E-state index contributed by atoms with van der Waals surface area (Å²) in [5, 5.41) is 0. The maximum Gasteiger partial charge on any atom is 0.123 e. The normalized spacial score (nSPS) is 9.33. The summed E-state index contributed by atoms with van der Waals surface area (Å²) in [6.45, 7) is 0. The molecule has 0 aromatic heterocycles. The number of hydrogen-bond acceptors (Lipinski definition) is 2. The number of carbonyl (C=O) groups excluding carboxylic acids is 1. The van der Waals surface area contributed by atoms with Crippen LogP contribution in [0.25, 0.3) is 0 Å². The molecule has 0 aliphatic carbocycles. The van der Waals surface area contributed by atoms with E-state index in [1.54, 1.807) is 6.08 Å². The van der Waals surface area contributed by atoms with E-state index in [2.05, 4.69) is 0 Å². The average Bonchev–Trinajstić information content (AvgIpc) is 1.61. The summed E-state index contributed by atoms with van der Waals surface area (Å²) in [4.78, 5) is 9.46. The van der Waals surface area contributed by atoms with E-state index in [0.717, 1.165) is 6.29 Å². The van der Waals surface area contributed by atoms with Gasteiger partial charge in [-0.3, -0.25) is 0 Å². The van der Waals surface area contributed by atoms with Crippen LogP contribution in [-0.2, 0) is 4.79 Å². The van der Waals surface area contributed by atoms with Crippen molar-refractivity contribution in [1.82, 2.24) is 0 Å². The van der Waals surface area contributed by atoms with Gasteiger partial charge in [-0.05, 0) is 6.20 Å². The molecule has 34 valence electrons. The van der Waals surface area contributed by atoms with Gasteiger partial charge in [0.25, 0.3) is 0 Å². The van der Waals surface area contributed by atoms with Crippen LogP contribution in [0.1, 0.15) is 6.42 Å². The van der Waals surface area contributed by atoms with E-state index in [1.807, 2.05) is 0 Å². The topological polar surface area (TPSA) is 43.1 Å². The molecular formula is C4H7NO. The lowest BCUT2D eigenvalue weighted by atomic mass is 10.5. The fraction of sp³-hybridized carbons (Fsp3) is 0.250. The summed E-state index contributed by atoms with van der Waals surface area (Å²) in [7, 11) is 0. The average molecular weight is 85.1 g/mol. The third-order valence-corrected chi connectivity index (χ3v) is 0.368. The Hall–Kier alpha value is -0.790. The molecule has 0 aliphatic heterocycles. The van der Waals surface area contributed by atoms with Crippen molar-refractivity contribution in [3.63, 3.8) is 0 Å². The van der Waals surface area contributed by atoms with Crippen LogP contribution in [0.2, 0.25) is 0 Å². The summed E-state index contributed by atoms with van der Waals surface area (Å²) < 4.78 is 0. The zero-order valence-electron chi connectivity index (χ0n) is 3.42. The molecule has 2 N–H and O–H groups in total. The molecule has 0 aromatic carbocycles. The molecule has 2 nitrogen and oxygen atoms in total. The highest BCUT2D eigenvalue weighted by Crippen LogP contribution is 1.67. The van der Waals surface area contributed by atoms with Crippen LogP contribution < -0.4 is 5.73 Å². The zero-order valence-corrected chi connectivity index (χ0v) is 3.42. The van der Waals surface area contributed by atoms with Crippen LogP contribution in [0.4, 0.5) is 0 Å². The third-order valence-electron chi connectivity index (χ3n) is 0.368. The summed E-state index contributed by atoms with van der Waals surface area (Å²) in [5.41, 5.74) is 4.88. The molecule has 0 radical (unpaired) electrons. The smallest absolute Gasteiger partial charge is 0.123 e. The Morgan fingerprint density at radius 2 is 2.33 bits per heavy atom. The van der Waals surface area contributed by atoms with E-state index in [9.17, 15) is 4.79 Å². The summed E-state index contributed by atoms with van der Waals surface area (Å²) in [6.07, 6.45) is 4.17. The van der Waals surface area contributed by atoms with Gasteiger partial charge in [0.2, 0.25) is 0 Å². The maximum absolute atomic E-state index is 9.46. The SMILES string of the molecule is N/C=C/CC=O. The lowest BCUT2D eigenvalue weighted by molar-refractivity contribution is -0.107. The molecule has 0 unspecified atom stereocenters. The Morgan fingerprint density at radius 1 is 1.67 bits per heavy atom. The van der Waals surface area contributed by atoms with Crippen LogP contribution in [0.5, 0.6) is 0 Å². The third kappa shape index (κ3) is 3.21. The van der Waals surface area contributed by atoms with Gasteiger partial charge in [0.1, 0.15) is 6.29 Å². The molecule has 0 aromatic rings. The van der Waals surface area contributed by atoms with Crippen LogP contribution in [0.15, 0.2) is 12.3 Å². The van der Waals surface area contributed by atoms with Crippen molar-refractivity contribution >= 4 is 6.29 Å². The maximum atomic E-state index is 9.46. The van der Waals surface area contributed by atoms with Crippen LogP contribution >= 0.6 is 0 Å². The molecule has 0 bridgehead atoms. The van der Waals surface area contributed by atoms with Gasteiger partial charge >= 0.3 is 0 Å². The second-order valence-electron chi connectivity index (χ2n) is 0.831. The monoisotopic (exact) mass is 85.1 g/mol. The first-order valence-corrected chi connectivity index (χ1v) is 1.72. The minimum absolute atomic E-state index is 0.427. The number of allylic oxidation sites excluding steroid dienone is 1. The summed E-state index contributed by atoms with van der Waals surface area (Å²) in [6, 6.07) is 0. The van der Waals surface area contributed by atoms with Crippen molar-refractivity contribution < 1.29 is 4.79 Å². The minimum atomic E-state index is 0.427. The molecule has 0 saturated heterocycles. The highest BCUT2D eigenvalue weighted by Gasteiger charge is 1.63. The second kappa shape index (κ2) is 4.21. The molecule has 6 heavy (non-hydrogen) atoms. The van der Waals surface area contributed by atoms with Gasteiger partial charge in [-0.15, -0.1) is 0 Å². The summed E-state index contributed by atoms with van der Waals surface area (Å²) >= 11 is 0. The van der Waals surface area contributed by atoms with Crippen molar-refractivity contribution in [2.75, 3.05) is 0 Å². The van der Waals surface area contributed by atoms with Gasteiger partial charge in [-0.1, -0.05) is 6.08 Å². The molecular weight excluding hydrogens is 78.0 g/mol. The molecule has 0 heterocycles. The van der Waals surface area contributed by atoms with Crippen LogP contribution in [0, 0.1) is 0 Å². The number of carbonyl (C=O) groups is 1. The van der Waals surface area contributed by atoms with E-state index in [-0.39, 0.29) is 0 Å². The Bertz CT molecular complexity index is 58.6. The molecule has 0 atom stereocenters. The minimum Gasteiger partial charge on any atom is -0.405 e. The van der Waals surface area contributed by atoms with E-state index >= 15 is 0 Å². The summed E-state index contributed by atoms with van der Waals surface area (Å²) in [5.74, 6) is 0. The van der Waals surface area contributed by atoms with Gasteiger partial charge < -0.3 is 10.5 Å². The molecule has 0 fully saturated rings. The highest BCUT2D eigenvalue weighted by atomic mass is 16.1. The van der Waals surface area contributed by atoms with Crippen LogP contribution in [0.3, 0.4) is 0 Å². The van der Waals surface area contributed by atoms with Gasteiger partial charge in [-0.25, -0.2) is 0 Å². The highest BCUT2D eigenvalue weighted by molar-refractivity contribution is 5.51. The van der Waals surface area contributed by atoms with Gasteiger partial charge in [0.05, 0.1) is 0 Å². The molecule has 0 spiro atoms. The van der Waals surface area contributed by atoms with E-state index in [4.69, 9.17) is 5.73 Å². The first kappa shape index (κ1) is 5.21. The van der Waals surface area contributed by atoms with E-state index in [0.29, 0.717) is 6.42 Å². The molecule has 2 heteroatoms. The lowest BCUT2D eigenvalue weighted by Crippen LogP contribution is -1.75. The predicted molar refractivity (Wildman–Crippen MR) is 24.0 cm³/mol. The Balaban J connectivity index is 2.85. The van der Waals surface area contributed by atoms with Crippen molar-refractivity contribution in [3.8, 4) is 0 Å². The van der Waals surface area contributed by atoms with Crippen molar-refractivity contribution in [2.45, 2.75) is 6.42 Å². The molecule has 0 aliphatic rings. The largest absolute Gasteiger partial charge is 0.405 e. The van der Waals surface area contributed by atoms with Gasteiger partial charge in [0, 0.05) is 6.42 Å². The lowest BCUT2D eigenvalue weighted by Gasteiger charge is -1.66. The fourth-order valence-electron chi connectivity index (χ4n) is 0.134. The Kier molecular flexibility index (Phi) is 3.66. The van der Waals surface area contributed by atoms with E-state index < -0.39 is 0 Å². The first-order valence-electron chi connectivity index (χ1n) is 1.72. The molecule has 0 saturated carbocycles. The van der Waals surface area contributed by atoms with Crippen molar-refractivity contribution in [2.24, 2.45) is 5.73 Å². The molecule has 0 rings (SSSR count). The zero-order chi connectivity index (χ0) is 4.83. The predicted octanol–water partition coefficient (Wildman–Crippen LogP) is 0.0478. The van der Waals surface area contributed by atoms with Crippen molar-refractivity contribution in [1.29, 1.82) is 0 Å². The standard InChI is InChI=1S/C4H7NO/c5-3-1-2-4-6/h1,3-4H,2,5H2/b3-1+. The van der Waals surface area contributed by atoms with E-state index in [1.165, 1.54) is 6.20 Å². The fourth-order valence-corrected chi connectivity index (χ4v) is 0.134. The first-order chi connectivity index (χ1) is 2.91. The van der Waals surface area contributed by atoms with Gasteiger partial charge in [0.15, 0.2) is 0 Å². The number of rotatable bonds is 2. The van der Waals surface area contributed by atoms with Gasteiger partial charge in [-0.2, -0.15) is 0 Å². The molecule has 0 amide bonds. The number of aldehydes is 1. The quantitative estimate of drug-likeness (QED) is 0.481. The number of hydrogen-bond donors (Lipinski definition) is 1. The Labute approximate surface area is 36.6 Å². The number of nitrogens with two attached hydrogens (primary N) is 1. The van der Waals surface area contributed by atoms with Crippen LogP contribution in [-0.4, -0.2) is 6.29 Å². The Morgan fingerprint density at radius 3 is 2.50 bits per heavy atom.